The number of hydrogen-bond donors (Lipinski definition) is 1. The summed E-state index contributed by atoms with van der Waals surface area (Å²) in [7, 11) is 0. The quantitative estimate of drug-likeness (QED) is 0.718. The Morgan fingerprint density at radius 1 is 1.10 bits per heavy atom. The van der Waals surface area contributed by atoms with Crippen LogP contribution in [-0.4, -0.2) is 4.98 Å². The highest BCUT2D eigenvalue weighted by atomic mass is 16.5. The molecule has 0 fully saturated rings. The predicted octanol–water partition coefficient (Wildman–Crippen LogP) is 4.48. The maximum absolute atomic E-state index is 6.06. The van der Waals surface area contributed by atoms with Crippen LogP contribution < -0.4 is 10.5 Å². The Morgan fingerprint density at radius 3 is 2.76 bits per heavy atom. The van der Waals surface area contributed by atoms with Gasteiger partial charge in [0.15, 0.2) is 0 Å². The molecule has 2 N–H and O–H groups in total. The fraction of sp³-hybridized carbons (Fsp3) is 0.167. The number of nitrogen functional groups attached to an aromatic ring is 1. The molecule has 0 amide bonds. The molecule has 106 valence electrons. The van der Waals surface area contributed by atoms with Gasteiger partial charge in [0.1, 0.15) is 11.5 Å². The molecular formula is C18H18N2O. The molecule has 0 bridgehead atoms. The molecule has 0 saturated carbocycles. The lowest BCUT2D eigenvalue weighted by Crippen LogP contribution is -1.93. The van der Waals surface area contributed by atoms with Crippen molar-refractivity contribution in [2.24, 2.45) is 0 Å². The lowest BCUT2D eigenvalue weighted by Gasteiger charge is -2.11. The number of aromatic nitrogens is 1. The van der Waals surface area contributed by atoms with Crippen LogP contribution in [0.5, 0.6) is 11.5 Å². The van der Waals surface area contributed by atoms with Gasteiger partial charge in [-0.05, 0) is 49.2 Å². The number of fused-ring (bicyclic) bond motifs is 1. The summed E-state index contributed by atoms with van der Waals surface area (Å²) in [5.41, 5.74) is 8.93. The summed E-state index contributed by atoms with van der Waals surface area (Å²) < 4.78 is 6.06. The third kappa shape index (κ3) is 2.68. The molecule has 3 heteroatoms. The maximum Gasteiger partial charge on any atom is 0.135 e. The molecule has 0 radical (unpaired) electrons. The fourth-order valence-corrected chi connectivity index (χ4v) is 2.38. The third-order valence-electron chi connectivity index (χ3n) is 3.57. The zero-order valence-electron chi connectivity index (χ0n) is 12.3. The van der Waals surface area contributed by atoms with E-state index in [2.05, 4.69) is 24.0 Å². The maximum atomic E-state index is 6.06. The number of hydrogen-bond acceptors (Lipinski definition) is 3. The number of benzene rings is 2. The van der Waals surface area contributed by atoms with Crippen LogP contribution in [0.4, 0.5) is 5.69 Å². The van der Waals surface area contributed by atoms with Crippen LogP contribution >= 0.6 is 0 Å². The molecule has 0 aliphatic carbocycles. The standard InChI is InChI=1S/C18H18N2O/c1-3-13-5-4-6-14(10-13)21-18-8-7-17(19)16-11-20-12(2)9-15(16)18/h4-11H,3,19H2,1-2H3. The van der Waals surface area contributed by atoms with E-state index in [-0.39, 0.29) is 0 Å². The number of nitrogens with zero attached hydrogens (tertiary/aromatic N) is 1. The van der Waals surface area contributed by atoms with Gasteiger partial charge in [-0.25, -0.2) is 0 Å². The number of nitrogens with two attached hydrogens (primary N) is 1. The molecule has 1 heterocycles. The van der Waals surface area contributed by atoms with Crippen molar-refractivity contribution in [3.05, 3.63) is 59.9 Å². The first kappa shape index (κ1) is 13.4. The molecule has 0 unspecified atom stereocenters. The summed E-state index contributed by atoms with van der Waals surface area (Å²) in [5.74, 6) is 1.65. The first-order chi connectivity index (χ1) is 10.2. The van der Waals surface area contributed by atoms with E-state index in [0.29, 0.717) is 5.69 Å². The normalized spacial score (nSPS) is 10.8. The second-order valence-electron chi connectivity index (χ2n) is 5.13. The van der Waals surface area contributed by atoms with E-state index in [0.717, 1.165) is 34.4 Å². The Bertz CT molecular complexity index is 796. The zero-order valence-corrected chi connectivity index (χ0v) is 12.3. The van der Waals surface area contributed by atoms with Crippen LogP contribution in [0.3, 0.4) is 0 Å². The Kier molecular flexibility index (Phi) is 3.48. The van der Waals surface area contributed by atoms with Gasteiger partial charge in [-0.2, -0.15) is 0 Å². The average Bonchev–Trinajstić information content (AvgIpc) is 2.50. The summed E-state index contributed by atoms with van der Waals surface area (Å²) in [4.78, 5) is 4.31. The highest BCUT2D eigenvalue weighted by Gasteiger charge is 2.07. The lowest BCUT2D eigenvalue weighted by atomic mass is 10.1. The molecule has 3 aromatic rings. The number of rotatable bonds is 3. The highest BCUT2D eigenvalue weighted by Crippen LogP contribution is 2.33. The van der Waals surface area contributed by atoms with Gasteiger partial charge in [0, 0.05) is 28.4 Å². The smallest absolute Gasteiger partial charge is 0.135 e. The Balaban J connectivity index is 2.08. The van der Waals surface area contributed by atoms with E-state index in [1.165, 1.54) is 5.56 Å². The highest BCUT2D eigenvalue weighted by molar-refractivity contribution is 5.96. The van der Waals surface area contributed by atoms with E-state index in [1.807, 2.05) is 37.3 Å². The Hall–Kier alpha value is -2.55. The van der Waals surface area contributed by atoms with Crippen molar-refractivity contribution in [3.8, 4) is 11.5 Å². The largest absolute Gasteiger partial charge is 0.457 e. The van der Waals surface area contributed by atoms with Crippen LogP contribution in [-0.2, 0) is 6.42 Å². The Morgan fingerprint density at radius 2 is 1.95 bits per heavy atom. The van der Waals surface area contributed by atoms with Crippen molar-refractivity contribution in [3.63, 3.8) is 0 Å². The van der Waals surface area contributed by atoms with E-state index in [9.17, 15) is 0 Å². The summed E-state index contributed by atoms with van der Waals surface area (Å²) in [6, 6.07) is 13.9. The van der Waals surface area contributed by atoms with Crippen molar-refractivity contribution >= 4 is 16.5 Å². The molecule has 0 spiro atoms. The SMILES string of the molecule is CCc1cccc(Oc2ccc(N)c3cnc(C)cc23)c1. The van der Waals surface area contributed by atoms with Gasteiger partial charge < -0.3 is 10.5 Å². The lowest BCUT2D eigenvalue weighted by molar-refractivity contribution is 0.487. The minimum atomic E-state index is 0.715. The van der Waals surface area contributed by atoms with Crippen LogP contribution in [0, 0.1) is 6.92 Å². The second kappa shape index (κ2) is 5.44. The first-order valence-corrected chi connectivity index (χ1v) is 7.09. The number of pyridine rings is 1. The van der Waals surface area contributed by atoms with Crippen LogP contribution in [0.2, 0.25) is 0 Å². The first-order valence-electron chi connectivity index (χ1n) is 7.09. The molecule has 3 nitrogen and oxygen atoms in total. The van der Waals surface area contributed by atoms with Gasteiger partial charge >= 0.3 is 0 Å². The number of anilines is 1. The molecule has 2 aromatic carbocycles. The van der Waals surface area contributed by atoms with E-state index >= 15 is 0 Å². The van der Waals surface area contributed by atoms with Gasteiger partial charge in [-0.15, -0.1) is 0 Å². The van der Waals surface area contributed by atoms with Crippen molar-refractivity contribution in [2.45, 2.75) is 20.3 Å². The molecule has 0 saturated heterocycles. The minimum absolute atomic E-state index is 0.715. The number of aryl methyl sites for hydroxylation is 2. The van der Waals surface area contributed by atoms with E-state index in [1.54, 1.807) is 6.20 Å². The summed E-state index contributed by atoms with van der Waals surface area (Å²) >= 11 is 0. The zero-order chi connectivity index (χ0) is 14.8. The number of ether oxygens (including phenoxy) is 1. The van der Waals surface area contributed by atoms with Crippen molar-refractivity contribution in [1.29, 1.82) is 0 Å². The predicted molar refractivity (Wildman–Crippen MR) is 86.8 cm³/mol. The van der Waals surface area contributed by atoms with Gasteiger partial charge in [0.2, 0.25) is 0 Å². The average molecular weight is 278 g/mol. The van der Waals surface area contributed by atoms with E-state index < -0.39 is 0 Å². The van der Waals surface area contributed by atoms with Crippen LogP contribution in [0.1, 0.15) is 18.2 Å². The molecule has 0 aliphatic rings. The molecule has 0 atom stereocenters. The topological polar surface area (TPSA) is 48.1 Å². The summed E-state index contributed by atoms with van der Waals surface area (Å²) in [5, 5.41) is 1.91. The molecule has 1 aromatic heterocycles. The van der Waals surface area contributed by atoms with Gasteiger partial charge in [0.05, 0.1) is 0 Å². The summed E-state index contributed by atoms with van der Waals surface area (Å²) in [6.45, 7) is 4.09. The monoisotopic (exact) mass is 278 g/mol. The molecule has 3 rings (SSSR count). The van der Waals surface area contributed by atoms with Gasteiger partial charge in [-0.1, -0.05) is 19.1 Å². The van der Waals surface area contributed by atoms with Gasteiger partial charge in [-0.3, -0.25) is 4.98 Å². The third-order valence-corrected chi connectivity index (χ3v) is 3.57. The molecule has 0 aliphatic heterocycles. The van der Waals surface area contributed by atoms with Crippen molar-refractivity contribution in [2.75, 3.05) is 5.73 Å². The van der Waals surface area contributed by atoms with Crippen molar-refractivity contribution < 1.29 is 4.74 Å². The van der Waals surface area contributed by atoms with Crippen molar-refractivity contribution in [1.82, 2.24) is 4.98 Å². The van der Waals surface area contributed by atoms with Crippen LogP contribution in [0.25, 0.3) is 10.8 Å². The molecular weight excluding hydrogens is 260 g/mol. The molecule has 21 heavy (non-hydrogen) atoms. The van der Waals surface area contributed by atoms with Crippen LogP contribution in [0.15, 0.2) is 48.7 Å². The summed E-state index contributed by atoms with van der Waals surface area (Å²) in [6.07, 6.45) is 2.79. The van der Waals surface area contributed by atoms with Gasteiger partial charge in [0.25, 0.3) is 0 Å². The fourth-order valence-electron chi connectivity index (χ4n) is 2.38. The minimum Gasteiger partial charge on any atom is -0.457 e. The van der Waals surface area contributed by atoms with E-state index in [4.69, 9.17) is 10.5 Å². The Labute approximate surface area is 124 Å². The second-order valence-corrected chi connectivity index (χ2v) is 5.13.